The van der Waals surface area contributed by atoms with Crippen LogP contribution in [0.3, 0.4) is 0 Å². The third-order valence-electron chi connectivity index (χ3n) is 3.12. The van der Waals surface area contributed by atoms with Crippen molar-refractivity contribution in [2.45, 2.75) is 26.3 Å². The molecule has 0 saturated carbocycles. The van der Waals surface area contributed by atoms with E-state index in [4.69, 9.17) is 5.73 Å². The van der Waals surface area contributed by atoms with Crippen molar-refractivity contribution in [1.29, 1.82) is 0 Å². The molecule has 0 spiro atoms. The van der Waals surface area contributed by atoms with Crippen LogP contribution < -0.4 is 11.1 Å². The maximum Gasteiger partial charge on any atom is 0.165 e. The number of aromatic hydroxyl groups is 1. The smallest absolute Gasteiger partial charge is 0.165 e. The summed E-state index contributed by atoms with van der Waals surface area (Å²) in [6, 6.07) is 7.26. The summed E-state index contributed by atoms with van der Waals surface area (Å²) >= 11 is 0. The Labute approximate surface area is 118 Å². The van der Waals surface area contributed by atoms with Crippen LogP contribution in [0, 0.1) is 6.92 Å². The third kappa shape index (κ3) is 3.45. The molecule has 0 radical (unpaired) electrons. The number of aromatic nitrogens is 2. The van der Waals surface area contributed by atoms with Crippen LogP contribution >= 0.6 is 0 Å². The predicted octanol–water partition coefficient (Wildman–Crippen LogP) is 2.31. The van der Waals surface area contributed by atoms with Gasteiger partial charge in [-0.05, 0) is 31.5 Å². The Morgan fingerprint density at radius 2 is 2.15 bits per heavy atom. The van der Waals surface area contributed by atoms with Crippen LogP contribution in [-0.4, -0.2) is 27.7 Å². The van der Waals surface area contributed by atoms with Crippen molar-refractivity contribution in [2.24, 2.45) is 5.73 Å². The number of benzene rings is 1. The van der Waals surface area contributed by atoms with E-state index < -0.39 is 0 Å². The molecule has 0 aliphatic carbocycles. The van der Waals surface area contributed by atoms with Gasteiger partial charge in [-0.3, -0.25) is 0 Å². The zero-order valence-electron chi connectivity index (χ0n) is 11.8. The molecular formula is C15H20N4O. The normalized spacial score (nSPS) is 12.2. The van der Waals surface area contributed by atoms with Gasteiger partial charge in [0.1, 0.15) is 11.6 Å². The number of aryl methyl sites for hydroxylation is 1. The number of rotatable bonds is 5. The Morgan fingerprint density at radius 3 is 2.90 bits per heavy atom. The van der Waals surface area contributed by atoms with Crippen LogP contribution in [0.5, 0.6) is 5.75 Å². The largest absolute Gasteiger partial charge is 0.507 e. The number of phenols is 1. The summed E-state index contributed by atoms with van der Waals surface area (Å²) in [6.45, 7) is 4.67. The molecule has 0 saturated heterocycles. The molecule has 1 aromatic carbocycles. The fourth-order valence-corrected chi connectivity index (χ4v) is 1.80. The number of phenolic OH excluding ortho intramolecular Hbond substituents is 1. The number of nitrogens with one attached hydrogen (secondary N) is 1. The Hall–Kier alpha value is -2.14. The Bertz CT molecular complexity index is 586. The Kier molecular flexibility index (Phi) is 4.53. The first-order valence-electron chi connectivity index (χ1n) is 6.72. The van der Waals surface area contributed by atoms with Crippen LogP contribution in [0.25, 0.3) is 11.4 Å². The molecule has 2 rings (SSSR count). The molecule has 0 aliphatic heterocycles. The standard InChI is InChI=1S/C15H20N4O/c1-3-11(16)9-18-14-6-7-17-15(19-14)12-8-10(2)4-5-13(12)20/h4-8,11,20H,3,9,16H2,1-2H3,(H,17,18,19)/t11-/m0/s1. The highest BCUT2D eigenvalue weighted by Gasteiger charge is 2.08. The summed E-state index contributed by atoms with van der Waals surface area (Å²) in [6.07, 6.45) is 2.58. The number of nitrogens with two attached hydrogens (primary N) is 1. The van der Waals surface area contributed by atoms with Gasteiger partial charge in [0.05, 0.1) is 5.56 Å². The summed E-state index contributed by atoms with van der Waals surface area (Å²) < 4.78 is 0. The van der Waals surface area contributed by atoms with Crippen molar-refractivity contribution in [3.8, 4) is 17.1 Å². The molecule has 1 atom stereocenters. The highest BCUT2D eigenvalue weighted by Crippen LogP contribution is 2.27. The molecule has 1 aromatic heterocycles. The zero-order valence-corrected chi connectivity index (χ0v) is 11.8. The van der Waals surface area contributed by atoms with Crippen LogP contribution in [-0.2, 0) is 0 Å². The van der Waals surface area contributed by atoms with E-state index in [9.17, 15) is 5.11 Å². The van der Waals surface area contributed by atoms with Gasteiger partial charge in [0, 0.05) is 18.8 Å². The van der Waals surface area contributed by atoms with Gasteiger partial charge in [-0.2, -0.15) is 0 Å². The van der Waals surface area contributed by atoms with Crippen LogP contribution in [0.15, 0.2) is 30.5 Å². The van der Waals surface area contributed by atoms with Gasteiger partial charge in [-0.25, -0.2) is 9.97 Å². The second-order valence-electron chi connectivity index (χ2n) is 4.84. The lowest BCUT2D eigenvalue weighted by Crippen LogP contribution is -2.28. The molecule has 5 heteroatoms. The van der Waals surface area contributed by atoms with Gasteiger partial charge in [-0.15, -0.1) is 0 Å². The molecule has 2 aromatic rings. The Morgan fingerprint density at radius 1 is 1.35 bits per heavy atom. The van der Waals surface area contributed by atoms with Crippen molar-refractivity contribution >= 4 is 5.82 Å². The van der Waals surface area contributed by atoms with E-state index in [2.05, 4.69) is 15.3 Å². The fraction of sp³-hybridized carbons (Fsp3) is 0.333. The van der Waals surface area contributed by atoms with Crippen molar-refractivity contribution in [2.75, 3.05) is 11.9 Å². The first-order chi connectivity index (χ1) is 9.60. The van der Waals surface area contributed by atoms with Crippen molar-refractivity contribution in [3.63, 3.8) is 0 Å². The van der Waals surface area contributed by atoms with E-state index in [0.717, 1.165) is 12.0 Å². The van der Waals surface area contributed by atoms with Crippen molar-refractivity contribution in [1.82, 2.24) is 9.97 Å². The highest BCUT2D eigenvalue weighted by molar-refractivity contribution is 5.65. The molecule has 0 aliphatic rings. The van der Waals surface area contributed by atoms with Gasteiger partial charge >= 0.3 is 0 Å². The molecule has 5 nitrogen and oxygen atoms in total. The van der Waals surface area contributed by atoms with Gasteiger partial charge in [0.2, 0.25) is 0 Å². The molecule has 4 N–H and O–H groups in total. The van der Waals surface area contributed by atoms with E-state index in [-0.39, 0.29) is 11.8 Å². The number of hydrogen-bond acceptors (Lipinski definition) is 5. The van der Waals surface area contributed by atoms with Crippen molar-refractivity contribution < 1.29 is 5.11 Å². The van der Waals surface area contributed by atoms with Crippen LogP contribution in [0.2, 0.25) is 0 Å². The minimum Gasteiger partial charge on any atom is -0.507 e. The number of hydrogen-bond donors (Lipinski definition) is 3. The van der Waals surface area contributed by atoms with E-state index in [1.54, 1.807) is 18.3 Å². The average molecular weight is 272 g/mol. The molecule has 20 heavy (non-hydrogen) atoms. The molecule has 0 bridgehead atoms. The second kappa shape index (κ2) is 6.34. The summed E-state index contributed by atoms with van der Waals surface area (Å²) in [4.78, 5) is 8.63. The molecule has 0 unspecified atom stereocenters. The van der Waals surface area contributed by atoms with Gasteiger partial charge in [0.25, 0.3) is 0 Å². The number of nitrogens with zero attached hydrogens (tertiary/aromatic N) is 2. The van der Waals surface area contributed by atoms with Crippen LogP contribution in [0.1, 0.15) is 18.9 Å². The van der Waals surface area contributed by atoms with E-state index in [1.165, 1.54) is 0 Å². The zero-order chi connectivity index (χ0) is 14.5. The monoisotopic (exact) mass is 272 g/mol. The maximum absolute atomic E-state index is 9.92. The summed E-state index contributed by atoms with van der Waals surface area (Å²) in [5.74, 6) is 1.39. The van der Waals surface area contributed by atoms with Crippen molar-refractivity contribution in [3.05, 3.63) is 36.0 Å². The minimum atomic E-state index is 0.0980. The van der Waals surface area contributed by atoms with E-state index in [0.29, 0.717) is 23.8 Å². The summed E-state index contributed by atoms with van der Waals surface area (Å²) in [5.41, 5.74) is 7.55. The highest BCUT2D eigenvalue weighted by atomic mass is 16.3. The lowest BCUT2D eigenvalue weighted by molar-refractivity contribution is 0.476. The summed E-state index contributed by atoms with van der Waals surface area (Å²) in [7, 11) is 0. The summed E-state index contributed by atoms with van der Waals surface area (Å²) in [5, 5.41) is 13.1. The maximum atomic E-state index is 9.92. The minimum absolute atomic E-state index is 0.0980. The SMILES string of the molecule is CC[C@H](N)CNc1ccnc(-c2cc(C)ccc2O)n1. The van der Waals surface area contributed by atoms with Crippen LogP contribution in [0.4, 0.5) is 5.82 Å². The second-order valence-corrected chi connectivity index (χ2v) is 4.84. The first-order valence-corrected chi connectivity index (χ1v) is 6.72. The molecule has 0 fully saturated rings. The van der Waals surface area contributed by atoms with Gasteiger partial charge in [0.15, 0.2) is 5.82 Å². The number of anilines is 1. The lowest BCUT2D eigenvalue weighted by atomic mass is 10.1. The van der Waals surface area contributed by atoms with Gasteiger partial charge in [-0.1, -0.05) is 18.6 Å². The molecule has 106 valence electrons. The topological polar surface area (TPSA) is 84.1 Å². The third-order valence-corrected chi connectivity index (χ3v) is 3.12. The predicted molar refractivity (Wildman–Crippen MR) is 80.6 cm³/mol. The lowest BCUT2D eigenvalue weighted by Gasteiger charge is -2.11. The first kappa shape index (κ1) is 14.3. The quantitative estimate of drug-likeness (QED) is 0.778. The van der Waals surface area contributed by atoms with E-state index >= 15 is 0 Å². The average Bonchev–Trinajstić information content (AvgIpc) is 2.47. The van der Waals surface area contributed by atoms with E-state index in [1.807, 2.05) is 26.0 Å². The fourth-order valence-electron chi connectivity index (χ4n) is 1.80. The molecule has 0 amide bonds. The van der Waals surface area contributed by atoms with Gasteiger partial charge < -0.3 is 16.2 Å². The molecule has 1 heterocycles. The molecular weight excluding hydrogens is 252 g/mol. The Balaban J connectivity index is 2.23.